The van der Waals surface area contributed by atoms with Gasteiger partial charge in [0.1, 0.15) is 6.61 Å². The summed E-state index contributed by atoms with van der Waals surface area (Å²) in [5, 5.41) is 2.61. The van der Waals surface area contributed by atoms with Crippen molar-refractivity contribution < 1.29 is 18.7 Å². The van der Waals surface area contributed by atoms with E-state index < -0.39 is 11.9 Å². The Bertz CT molecular complexity index is 671. The fourth-order valence-corrected chi connectivity index (χ4v) is 1.89. The van der Waals surface area contributed by atoms with Crippen molar-refractivity contribution in [3.05, 3.63) is 71.6 Å². The van der Waals surface area contributed by atoms with Gasteiger partial charge in [-0.05, 0) is 23.3 Å². The number of carbonyl (C=O) groups excluding carboxylic acids is 1. The third kappa shape index (κ3) is 5.47. The van der Waals surface area contributed by atoms with Crippen LogP contribution in [0.2, 0.25) is 0 Å². The predicted molar refractivity (Wildman–Crippen MR) is 86.6 cm³/mol. The first-order valence-corrected chi connectivity index (χ1v) is 7.13. The van der Waals surface area contributed by atoms with Gasteiger partial charge in [0.15, 0.2) is 11.6 Å². The second kappa shape index (κ2) is 8.58. The Kier molecular flexibility index (Phi) is 6.17. The van der Waals surface area contributed by atoms with Crippen LogP contribution in [0.3, 0.4) is 0 Å². The van der Waals surface area contributed by atoms with E-state index in [4.69, 9.17) is 9.47 Å². The molecule has 23 heavy (non-hydrogen) atoms. The van der Waals surface area contributed by atoms with Crippen LogP contribution in [0, 0.1) is 5.82 Å². The topological polar surface area (TPSA) is 47.6 Å². The summed E-state index contributed by atoms with van der Waals surface area (Å²) in [6.07, 6.45) is 3.02. The van der Waals surface area contributed by atoms with E-state index in [-0.39, 0.29) is 12.4 Å². The maximum atomic E-state index is 13.3. The first-order valence-electron chi connectivity index (χ1n) is 7.13. The fourth-order valence-electron chi connectivity index (χ4n) is 1.89. The molecular weight excluding hydrogens is 297 g/mol. The number of halogens is 1. The van der Waals surface area contributed by atoms with Crippen LogP contribution in [-0.2, 0) is 11.3 Å². The van der Waals surface area contributed by atoms with Gasteiger partial charge >= 0.3 is 6.09 Å². The molecule has 4 nitrogen and oxygen atoms in total. The van der Waals surface area contributed by atoms with E-state index >= 15 is 0 Å². The zero-order valence-electron chi connectivity index (χ0n) is 12.8. The molecule has 0 unspecified atom stereocenters. The smallest absolute Gasteiger partial charge is 0.407 e. The number of hydrogen-bond donors (Lipinski definition) is 1. The average molecular weight is 315 g/mol. The highest BCUT2D eigenvalue weighted by Crippen LogP contribution is 2.18. The molecular formula is C18H18FNO3. The number of ether oxygens (including phenoxy) is 2. The normalized spacial score (nSPS) is 10.5. The van der Waals surface area contributed by atoms with Crippen LogP contribution in [0.5, 0.6) is 5.75 Å². The zero-order valence-corrected chi connectivity index (χ0v) is 12.8. The van der Waals surface area contributed by atoms with Gasteiger partial charge in [0.05, 0.1) is 7.11 Å². The Balaban J connectivity index is 1.74. The minimum Gasteiger partial charge on any atom is -0.494 e. The van der Waals surface area contributed by atoms with Crippen molar-refractivity contribution >= 4 is 12.2 Å². The van der Waals surface area contributed by atoms with E-state index in [1.165, 1.54) is 13.2 Å². The summed E-state index contributed by atoms with van der Waals surface area (Å²) in [5.74, 6) is -0.227. The van der Waals surface area contributed by atoms with Crippen molar-refractivity contribution in [3.63, 3.8) is 0 Å². The average Bonchev–Trinajstić information content (AvgIpc) is 2.59. The highest BCUT2D eigenvalue weighted by Gasteiger charge is 2.02. The van der Waals surface area contributed by atoms with Gasteiger partial charge < -0.3 is 14.8 Å². The molecule has 5 heteroatoms. The van der Waals surface area contributed by atoms with Crippen molar-refractivity contribution in [2.24, 2.45) is 0 Å². The van der Waals surface area contributed by atoms with Crippen LogP contribution in [0.1, 0.15) is 11.1 Å². The largest absolute Gasteiger partial charge is 0.494 e. The van der Waals surface area contributed by atoms with E-state index in [0.29, 0.717) is 6.54 Å². The minimum atomic E-state index is -0.491. The number of benzene rings is 2. The number of amides is 1. The van der Waals surface area contributed by atoms with Gasteiger partial charge in [-0.2, -0.15) is 0 Å². The number of nitrogens with one attached hydrogen (secondary N) is 1. The summed E-state index contributed by atoms with van der Waals surface area (Å²) in [5.41, 5.74) is 1.71. The highest BCUT2D eigenvalue weighted by atomic mass is 19.1. The number of rotatable bonds is 6. The molecule has 0 saturated carbocycles. The lowest BCUT2D eigenvalue weighted by Gasteiger charge is -2.05. The van der Waals surface area contributed by atoms with Crippen molar-refractivity contribution in [2.75, 3.05) is 13.7 Å². The monoisotopic (exact) mass is 315 g/mol. The molecule has 0 fully saturated rings. The Hall–Kier alpha value is -2.82. The molecule has 0 atom stereocenters. The number of hydrogen-bond acceptors (Lipinski definition) is 3. The summed E-state index contributed by atoms with van der Waals surface area (Å²) in [4.78, 5) is 11.5. The quantitative estimate of drug-likeness (QED) is 0.882. The SMILES string of the molecule is COc1cc(C=CCNC(=O)OCc2ccccc2)ccc1F. The van der Waals surface area contributed by atoms with Crippen molar-refractivity contribution in [3.8, 4) is 5.75 Å². The molecule has 0 radical (unpaired) electrons. The van der Waals surface area contributed by atoms with Gasteiger partial charge in [-0.3, -0.25) is 0 Å². The molecule has 1 N–H and O–H groups in total. The zero-order chi connectivity index (χ0) is 16.5. The third-order valence-corrected chi connectivity index (χ3v) is 3.06. The molecule has 1 amide bonds. The van der Waals surface area contributed by atoms with Gasteiger partial charge in [-0.1, -0.05) is 48.6 Å². The minimum absolute atomic E-state index is 0.183. The van der Waals surface area contributed by atoms with E-state index in [0.717, 1.165) is 11.1 Å². The maximum Gasteiger partial charge on any atom is 0.407 e. The van der Waals surface area contributed by atoms with Gasteiger partial charge in [-0.25, -0.2) is 9.18 Å². The molecule has 0 heterocycles. The maximum absolute atomic E-state index is 13.3. The molecule has 0 aliphatic rings. The second-order valence-corrected chi connectivity index (χ2v) is 4.74. The lowest BCUT2D eigenvalue weighted by molar-refractivity contribution is 0.141. The number of carbonyl (C=O) groups is 1. The number of methoxy groups -OCH3 is 1. The molecule has 0 spiro atoms. The number of alkyl carbamates (subject to hydrolysis) is 1. The van der Waals surface area contributed by atoms with Crippen LogP contribution >= 0.6 is 0 Å². The van der Waals surface area contributed by atoms with Crippen LogP contribution in [0.4, 0.5) is 9.18 Å². The van der Waals surface area contributed by atoms with Gasteiger partial charge in [-0.15, -0.1) is 0 Å². The summed E-state index contributed by atoms with van der Waals surface area (Å²) in [6.45, 7) is 0.541. The van der Waals surface area contributed by atoms with Crippen molar-refractivity contribution in [1.29, 1.82) is 0 Å². The third-order valence-electron chi connectivity index (χ3n) is 3.06. The molecule has 0 aliphatic carbocycles. The summed E-state index contributed by atoms with van der Waals surface area (Å²) < 4.78 is 23.3. The molecule has 0 aromatic heterocycles. The van der Waals surface area contributed by atoms with Crippen LogP contribution in [-0.4, -0.2) is 19.7 Å². The van der Waals surface area contributed by atoms with Gasteiger partial charge in [0.25, 0.3) is 0 Å². The predicted octanol–water partition coefficient (Wildman–Crippen LogP) is 3.77. The Labute approximate surface area is 134 Å². The Morgan fingerprint density at radius 2 is 2.00 bits per heavy atom. The second-order valence-electron chi connectivity index (χ2n) is 4.74. The van der Waals surface area contributed by atoms with E-state index in [1.54, 1.807) is 24.3 Å². The molecule has 2 aromatic rings. The van der Waals surface area contributed by atoms with Crippen LogP contribution in [0.15, 0.2) is 54.6 Å². The van der Waals surface area contributed by atoms with Crippen molar-refractivity contribution in [2.45, 2.75) is 6.61 Å². The van der Waals surface area contributed by atoms with Gasteiger partial charge in [0.2, 0.25) is 0 Å². The van der Waals surface area contributed by atoms with E-state index in [2.05, 4.69) is 5.32 Å². The van der Waals surface area contributed by atoms with Crippen LogP contribution in [0.25, 0.3) is 6.08 Å². The molecule has 0 bridgehead atoms. The first-order chi connectivity index (χ1) is 11.2. The van der Waals surface area contributed by atoms with Crippen LogP contribution < -0.4 is 10.1 Å². The standard InChI is InChI=1S/C18H18FNO3/c1-22-17-12-14(9-10-16(17)19)8-5-11-20-18(21)23-13-15-6-3-2-4-7-15/h2-10,12H,11,13H2,1H3,(H,20,21). The molecule has 120 valence electrons. The van der Waals surface area contributed by atoms with Crippen molar-refractivity contribution in [1.82, 2.24) is 5.32 Å². The lowest BCUT2D eigenvalue weighted by Crippen LogP contribution is -2.24. The van der Waals surface area contributed by atoms with E-state index in [1.807, 2.05) is 30.3 Å². The Morgan fingerprint density at radius 3 is 2.74 bits per heavy atom. The fraction of sp³-hybridized carbons (Fsp3) is 0.167. The highest BCUT2D eigenvalue weighted by molar-refractivity contribution is 5.67. The van der Waals surface area contributed by atoms with Gasteiger partial charge in [0, 0.05) is 6.54 Å². The Morgan fingerprint density at radius 1 is 1.22 bits per heavy atom. The van der Waals surface area contributed by atoms with E-state index in [9.17, 15) is 9.18 Å². The molecule has 2 aromatic carbocycles. The first kappa shape index (κ1) is 16.5. The lowest BCUT2D eigenvalue weighted by atomic mass is 10.2. The summed E-state index contributed by atoms with van der Waals surface area (Å²) in [7, 11) is 1.41. The molecule has 0 aliphatic heterocycles. The summed E-state index contributed by atoms with van der Waals surface area (Å²) in [6, 6.07) is 14.0. The molecule has 2 rings (SSSR count). The summed E-state index contributed by atoms with van der Waals surface area (Å²) >= 11 is 0. The molecule has 0 saturated heterocycles.